The molecule has 0 atom stereocenters. The van der Waals surface area contributed by atoms with E-state index in [-0.39, 0.29) is 5.69 Å². The molecule has 0 saturated heterocycles. The van der Waals surface area contributed by atoms with E-state index in [2.05, 4.69) is 20.1 Å². The minimum absolute atomic E-state index is 0.193. The molecule has 2 rings (SSSR count). The van der Waals surface area contributed by atoms with Crippen molar-refractivity contribution in [2.24, 2.45) is 7.05 Å². The van der Waals surface area contributed by atoms with Crippen LogP contribution in [0.3, 0.4) is 0 Å². The Balaban J connectivity index is 2.11. The Morgan fingerprint density at radius 3 is 3.00 bits per heavy atom. The van der Waals surface area contributed by atoms with Crippen LogP contribution in [0.15, 0.2) is 18.5 Å². The lowest BCUT2D eigenvalue weighted by molar-refractivity contribution is 0.0594. The summed E-state index contributed by atoms with van der Waals surface area (Å²) in [4.78, 5) is 11.1. The van der Waals surface area contributed by atoms with Crippen molar-refractivity contribution in [1.29, 1.82) is 0 Å². The molecule has 0 unspecified atom stereocenters. The number of methoxy groups -OCH3 is 1. The molecular formula is C9H11N5O2. The number of aromatic nitrogens is 5. The number of carbonyl (C=O) groups is 1. The number of carbonyl (C=O) groups excluding carboxylic acids is 1. The van der Waals surface area contributed by atoms with Gasteiger partial charge >= 0.3 is 5.97 Å². The number of rotatable bonds is 3. The molecule has 0 radical (unpaired) electrons. The second kappa shape index (κ2) is 4.13. The zero-order valence-corrected chi connectivity index (χ0v) is 8.99. The lowest BCUT2D eigenvalue weighted by atomic mass is 10.4. The number of hydrogen-bond acceptors (Lipinski definition) is 5. The molecule has 0 amide bonds. The van der Waals surface area contributed by atoms with E-state index in [1.54, 1.807) is 4.68 Å². The van der Waals surface area contributed by atoms with Crippen molar-refractivity contribution >= 4 is 5.97 Å². The molecule has 7 heteroatoms. The summed E-state index contributed by atoms with van der Waals surface area (Å²) >= 11 is 0. The zero-order chi connectivity index (χ0) is 11.5. The summed E-state index contributed by atoms with van der Waals surface area (Å²) in [5.74, 6) is -0.493. The van der Waals surface area contributed by atoms with E-state index in [1.165, 1.54) is 18.0 Å². The molecule has 0 aliphatic rings. The van der Waals surface area contributed by atoms with E-state index >= 15 is 0 Å². The number of hydrogen-bond donors (Lipinski definition) is 0. The fourth-order valence-electron chi connectivity index (χ4n) is 1.29. The fraction of sp³-hybridized carbons (Fsp3) is 0.333. The average molecular weight is 221 g/mol. The molecule has 2 heterocycles. The van der Waals surface area contributed by atoms with Crippen LogP contribution in [0.1, 0.15) is 16.2 Å². The molecule has 16 heavy (non-hydrogen) atoms. The van der Waals surface area contributed by atoms with Gasteiger partial charge in [0.2, 0.25) is 0 Å². The SMILES string of the molecule is COC(=O)c1cn(Cc2ccn(C)n2)nn1. The summed E-state index contributed by atoms with van der Waals surface area (Å²) in [7, 11) is 3.14. The zero-order valence-electron chi connectivity index (χ0n) is 8.99. The van der Waals surface area contributed by atoms with Gasteiger partial charge in [0.25, 0.3) is 0 Å². The molecule has 0 N–H and O–H groups in total. The normalized spacial score (nSPS) is 10.4. The maximum absolute atomic E-state index is 11.1. The molecule has 0 spiro atoms. The average Bonchev–Trinajstić information content (AvgIpc) is 2.87. The Morgan fingerprint density at radius 1 is 1.56 bits per heavy atom. The van der Waals surface area contributed by atoms with Crippen molar-refractivity contribution in [3.8, 4) is 0 Å². The van der Waals surface area contributed by atoms with Gasteiger partial charge in [0.15, 0.2) is 5.69 Å². The third-order valence-corrected chi connectivity index (χ3v) is 2.03. The first-order chi connectivity index (χ1) is 7.69. The molecule has 7 nitrogen and oxygen atoms in total. The van der Waals surface area contributed by atoms with E-state index in [4.69, 9.17) is 0 Å². The van der Waals surface area contributed by atoms with E-state index in [1.807, 2.05) is 19.3 Å². The highest BCUT2D eigenvalue weighted by Crippen LogP contribution is 2.00. The fourth-order valence-corrected chi connectivity index (χ4v) is 1.29. The third kappa shape index (κ3) is 2.08. The molecular weight excluding hydrogens is 210 g/mol. The highest BCUT2D eigenvalue weighted by molar-refractivity contribution is 5.86. The summed E-state index contributed by atoms with van der Waals surface area (Å²) in [6, 6.07) is 1.87. The number of esters is 1. The first-order valence-electron chi connectivity index (χ1n) is 4.66. The van der Waals surface area contributed by atoms with E-state index < -0.39 is 5.97 Å². The monoisotopic (exact) mass is 221 g/mol. The topological polar surface area (TPSA) is 74.8 Å². The van der Waals surface area contributed by atoms with Gasteiger partial charge in [-0.25, -0.2) is 9.48 Å². The lowest BCUT2D eigenvalue weighted by Crippen LogP contribution is -2.02. The Kier molecular flexibility index (Phi) is 2.67. The van der Waals surface area contributed by atoms with Crippen LogP contribution in [0.4, 0.5) is 0 Å². The van der Waals surface area contributed by atoms with Crippen LogP contribution in [-0.2, 0) is 18.3 Å². The summed E-state index contributed by atoms with van der Waals surface area (Å²) in [6.45, 7) is 0.477. The first-order valence-corrected chi connectivity index (χ1v) is 4.66. The molecule has 0 aromatic carbocycles. The van der Waals surface area contributed by atoms with Crippen molar-refractivity contribution in [2.45, 2.75) is 6.54 Å². The third-order valence-electron chi connectivity index (χ3n) is 2.03. The van der Waals surface area contributed by atoms with Gasteiger partial charge in [-0.05, 0) is 6.07 Å². The van der Waals surface area contributed by atoms with Gasteiger partial charge < -0.3 is 4.74 Å². The predicted octanol–water partition coefficient (Wildman–Crippen LogP) is -0.154. The maximum Gasteiger partial charge on any atom is 0.360 e. The second-order valence-electron chi connectivity index (χ2n) is 3.27. The highest BCUT2D eigenvalue weighted by Gasteiger charge is 2.10. The first kappa shape index (κ1) is 10.3. The standard InChI is InChI=1S/C9H11N5O2/c1-13-4-3-7(11-13)5-14-6-8(10-12-14)9(15)16-2/h3-4,6H,5H2,1-2H3. The van der Waals surface area contributed by atoms with Crippen LogP contribution in [0, 0.1) is 0 Å². The van der Waals surface area contributed by atoms with Crippen LogP contribution >= 0.6 is 0 Å². The summed E-state index contributed by atoms with van der Waals surface area (Å²) < 4.78 is 7.77. The quantitative estimate of drug-likeness (QED) is 0.673. The molecule has 2 aromatic rings. The van der Waals surface area contributed by atoms with Crippen molar-refractivity contribution in [3.05, 3.63) is 29.8 Å². The van der Waals surface area contributed by atoms with Crippen LogP contribution < -0.4 is 0 Å². The molecule has 2 aromatic heterocycles. The summed E-state index contributed by atoms with van der Waals surface area (Å²) in [5, 5.41) is 11.7. The van der Waals surface area contributed by atoms with Crippen molar-refractivity contribution in [1.82, 2.24) is 24.8 Å². The minimum atomic E-state index is -0.493. The number of nitrogens with zero attached hydrogens (tertiary/aromatic N) is 5. The highest BCUT2D eigenvalue weighted by atomic mass is 16.5. The second-order valence-corrected chi connectivity index (χ2v) is 3.27. The van der Waals surface area contributed by atoms with Crippen molar-refractivity contribution in [3.63, 3.8) is 0 Å². The smallest absolute Gasteiger partial charge is 0.360 e. The lowest BCUT2D eigenvalue weighted by Gasteiger charge is -1.94. The molecule has 0 saturated carbocycles. The molecule has 0 aliphatic carbocycles. The van der Waals surface area contributed by atoms with Gasteiger partial charge in [0.1, 0.15) is 0 Å². The van der Waals surface area contributed by atoms with Gasteiger partial charge in [0.05, 0.1) is 25.5 Å². The number of ether oxygens (including phenoxy) is 1. The van der Waals surface area contributed by atoms with Crippen LogP contribution in [0.5, 0.6) is 0 Å². The molecule has 0 bridgehead atoms. The van der Waals surface area contributed by atoms with E-state index in [9.17, 15) is 4.79 Å². The van der Waals surface area contributed by atoms with E-state index in [0.717, 1.165) is 5.69 Å². The molecule has 0 aliphatic heterocycles. The van der Waals surface area contributed by atoms with Crippen LogP contribution in [0.25, 0.3) is 0 Å². The van der Waals surface area contributed by atoms with Crippen LogP contribution in [-0.4, -0.2) is 37.9 Å². The van der Waals surface area contributed by atoms with Gasteiger partial charge in [-0.3, -0.25) is 4.68 Å². The number of aryl methyl sites for hydroxylation is 1. The molecule has 84 valence electrons. The minimum Gasteiger partial charge on any atom is -0.464 e. The molecule has 0 fully saturated rings. The summed E-state index contributed by atoms with van der Waals surface area (Å²) in [5.41, 5.74) is 1.04. The Bertz CT molecular complexity index is 501. The van der Waals surface area contributed by atoms with Crippen molar-refractivity contribution < 1.29 is 9.53 Å². The predicted molar refractivity (Wildman–Crippen MR) is 53.7 cm³/mol. The maximum atomic E-state index is 11.1. The van der Waals surface area contributed by atoms with Gasteiger partial charge in [-0.1, -0.05) is 5.21 Å². The Labute approximate surface area is 91.6 Å². The van der Waals surface area contributed by atoms with E-state index in [0.29, 0.717) is 6.54 Å². The van der Waals surface area contributed by atoms with Gasteiger partial charge in [-0.15, -0.1) is 5.10 Å². The van der Waals surface area contributed by atoms with Gasteiger partial charge in [-0.2, -0.15) is 5.10 Å². The largest absolute Gasteiger partial charge is 0.464 e. The van der Waals surface area contributed by atoms with Crippen molar-refractivity contribution in [2.75, 3.05) is 7.11 Å². The van der Waals surface area contributed by atoms with Crippen LogP contribution in [0.2, 0.25) is 0 Å². The Hall–Kier alpha value is -2.18. The van der Waals surface area contributed by atoms with Gasteiger partial charge in [0, 0.05) is 13.2 Å². The summed E-state index contributed by atoms with van der Waals surface area (Å²) in [6.07, 6.45) is 3.37. The Morgan fingerprint density at radius 2 is 2.38 bits per heavy atom.